The molecule has 2 aliphatic heterocycles. The van der Waals surface area contributed by atoms with Gasteiger partial charge in [0.25, 0.3) is 5.60 Å². The Morgan fingerprint density at radius 1 is 1.03 bits per heavy atom. The Balaban J connectivity index is 1.71. The summed E-state index contributed by atoms with van der Waals surface area (Å²) in [5, 5.41) is 14.7. The van der Waals surface area contributed by atoms with Gasteiger partial charge in [-0.2, -0.15) is 31.4 Å². The lowest BCUT2D eigenvalue weighted by atomic mass is 9.89. The largest absolute Gasteiger partial charge is 0.431 e. The van der Waals surface area contributed by atoms with Crippen molar-refractivity contribution in [3.63, 3.8) is 0 Å². The number of halogens is 7. The summed E-state index contributed by atoms with van der Waals surface area (Å²) in [5.41, 5.74) is -4.32. The molecule has 1 atom stereocenters. The third-order valence-corrected chi connectivity index (χ3v) is 6.89. The van der Waals surface area contributed by atoms with Gasteiger partial charge in [-0.1, -0.05) is 54.1 Å². The van der Waals surface area contributed by atoms with Gasteiger partial charge in [0.1, 0.15) is 0 Å². The highest BCUT2D eigenvalue weighted by Crippen LogP contribution is 2.49. The molecule has 0 fully saturated rings. The first-order valence-electron chi connectivity index (χ1n) is 11.3. The van der Waals surface area contributed by atoms with Crippen molar-refractivity contribution >= 4 is 34.5 Å². The Morgan fingerprint density at radius 2 is 1.65 bits per heavy atom. The van der Waals surface area contributed by atoms with Gasteiger partial charge < -0.3 is 10.0 Å². The van der Waals surface area contributed by atoms with Crippen molar-refractivity contribution in [2.24, 2.45) is 5.10 Å². The predicted octanol–water partition coefficient (Wildman–Crippen LogP) is 6.14. The summed E-state index contributed by atoms with van der Waals surface area (Å²) in [6, 6.07) is 11.5. The number of hydrogen-bond donors (Lipinski definition) is 1. The van der Waals surface area contributed by atoms with Crippen LogP contribution in [0.15, 0.2) is 59.7 Å². The molecule has 0 saturated heterocycles. The first-order chi connectivity index (χ1) is 17.2. The molecule has 0 spiro atoms. The molecule has 0 aliphatic carbocycles. The van der Waals surface area contributed by atoms with E-state index in [0.29, 0.717) is 25.1 Å². The van der Waals surface area contributed by atoms with E-state index in [4.69, 9.17) is 11.6 Å². The minimum absolute atomic E-state index is 0.0416. The highest BCUT2D eigenvalue weighted by molar-refractivity contribution is 6.33. The average molecular weight is 546 g/mol. The Morgan fingerprint density at radius 3 is 2.16 bits per heavy atom. The molecule has 0 saturated carbocycles. The second-order valence-corrected chi connectivity index (χ2v) is 9.24. The fraction of sp³-hybridized carbons (Fsp3) is 0.360. The summed E-state index contributed by atoms with van der Waals surface area (Å²) < 4.78 is 81.6. The van der Waals surface area contributed by atoms with E-state index in [2.05, 4.69) is 5.10 Å². The molecule has 198 valence electrons. The molecule has 2 aromatic carbocycles. The Hall–Kier alpha value is -3.05. The van der Waals surface area contributed by atoms with E-state index in [0.717, 1.165) is 16.1 Å². The molecule has 0 aromatic heterocycles. The number of anilines is 1. The van der Waals surface area contributed by atoms with E-state index < -0.39 is 36.1 Å². The maximum absolute atomic E-state index is 13.6. The lowest BCUT2D eigenvalue weighted by Crippen LogP contribution is -2.62. The van der Waals surface area contributed by atoms with Crippen LogP contribution in [-0.2, 0) is 4.79 Å². The molecular weight excluding hydrogens is 524 g/mol. The average Bonchev–Trinajstić information content (AvgIpc) is 3.28. The topological polar surface area (TPSA) is 56.1 Å². The number of amides is 1. The maximum atomic E-state index is 13.6. The van der Waals surface area contributed by atoms with Crippen molar-refractivity contribution in [2.75, 3.05) is 18.1 Å². The Bertz CT molecular complexity index is 1230. The van der Waals surface area contributed by atoms with Crippen molar-refractivity contribution in [1.82, 2.24) is 4.90 Å². The molecule has 0 bridgehead atoms. The lowest BCUT2D eigenvalue weighted by molar-refractivity contribution is -0.338. The number of nitrogens with zero attached hydrogens (tertiary/aromatic N) is 3. The van der Waals surface area contributed by atoms with Crippen molar-refractivity contribution in [3.05, 3.63) is 70.8 Å². The van der Waals surface area contributed by atoms with Crippen molar-refractivity contribution in [1.29, 1.82) is 0 Å². The van der Waals surface area contributed by atoms with Crippen molar-refractivity contribution < 1.29 is 36.2 Å². The first kappa shape index (κ1) is 27.0. The van der Waals surface area contributed by atoms with Gasteiger partial charge in [0, 0.05) is 26.4 Å². The number of carbonyl (C=O) groups excluding carboxylic acids is 1. The summed E-state index contributed by atoms with van der Waals surface area (Å²) in [5.74, 6) is -0.0416. The zero-order valence-electron chi connectivity index (χ0n) is 19.4. The van der Waals surface area contributed by atoms with E-state index in [1.807, 2.05) is 6.08 Å². The predicted molar refractivity (Wildman–Crippen MR) is 127 cm³/mol. The van der Waals surface area contributed by atoms with Crippen LogP contribution in [0.4, 0.5) is 32.0 Å². The normalized spacial score (nSPS) is 19.1. The van der Waals surface area contributed by atoms with Crippen LogP contribution < -0.4 is 5.01 Å². The van der Waals surface area contributed by atoms with E-state index in [-0.39, 0.29) is 16.6 Å². The molecule has 1 unspecified atom stereocenters. The minimum Gasteiger partial charge on any atom is -0.369 e. The van der Waals surface area contributed by atoms with Gasteiger partial charge in [-0.3, -0.25) is 9.80 Å². The standard InChI is InChI=1S/C25H22ClF6N3O2/c1-15(36)34-12-10-17(11-13-34)16-6-8-18(9-7-16)21-14-22(23(37,24(27,28)29)25(30,31)32)33-35(21)20-5-3-2-4-19(20)26/h2-10,21,37H,11-14H2,1H3. The van der Waals surface area contributed by atoms with E-state index >= 15 is 0 Å². The summed E-state index contributed by atoms with van der Waals surface area (Å²) in [6.07, 6.45) is -10.4. The number of aliphatic hydroxyl groups is 1. The molecule has 1 amide bonds. The van der Waals surface area contributed by atoms with Gasteiger partial charge in [-0.25, -0.2) is 0 Å². The number of hydrazone groups is 1. The van der Waals surface area contributed by atoms with Crippen LogP contribution in [0, 0.1) is 0 Å². The van der Waals surface area contributed by atoms with Crippen LogP contribution in [0.25, 0.3) is 5.57 Å². The summed E-state index contributed by atoms with van der Waals surface area (Å²) in [4.78, 5) is 13.2. The molecule has 12 heteroatoms. The van der Waals surface area contributed by atoms with Gasteiger partial charge in [0.05, 0.1) is 22.5 Å². The van der Waals surface area contributed by atoms with Gasteiger partial charge in [-0.15, -0.1) is 0 Å². The first-order valence-corrected chi connectivity index (χ1v) is 11.6. The van der Waals surface area contributed by atoms with E-state index in [1.165, 1.54) is 25.1 Å². The van der Waals surface area contributed by atoms with Crippen LogP contribution in [0.3, 0.4) is 0 Å². The summed E-state index contributed by atoms with van der Waals surface area (Å²) >= 11 is 6.21. The molecule has 37 heavy (non-hydrogen) atoms. The molecule has 2 aromatic rings. The van der Waals surface area contributed by atoms with Crippen LogP contribution >= 0.6 is 11.6 Å². The zero-order chi connectivity index (χ0) is 27.2. The number of para-hydroxylation sites is 1. The number of carbonyl (C=O) groups is 1. The van der Waals surface area contributed by atoms with E-state index in [9.17, 15) is 36.2 Å². The van der Waals surface area contributed by atoms with Gasteiger partial charge in [0.2, 0.25) is 5.91 Å². The number of alkyl halides is 6. The molecule has 1 N–H and O–H groups in total. The maximum Gasteiger partial charge on any atom is 0.431 e. The van der Waals surface area contributed by atoms with Gasteiger partial charge in [0.15, 0.2) is 0 Å². The molecular formula is C25H22ClF6N3O2. The fourth-order valence-electron chi connectivity index (χ4n) is 4.47. The van der Waals surface area contributed by atoms with E-state index in [1.54, 1.807) is 35.2 Å². The van der Waals surface area contributed by atoms with Crippen LogP contribution in [0.1, 0.15) is 36.9 Å². The van der Waals surface area contributed by atoms with Crippen molar-refractivity contribution in [2.45, 2.75) is 43.8 Å². The zero-order valence-corrected chi connectivity index (χ0v) is 20.2. The van der Waals surface area contributed by atoms with Gasteiger partial charge >= 0.3 is 12.4 Å². The van der Waals surface area contributed by atoms with Gasteiger partial charge in [-0.05, 0) is 35.3 Å². The third kappa shape index (κ3) is 4.94. The summed E-state index contributed by atoms with van der Waals surface area (Å²) in [6.45, 7) is 2.46. The monoisotopic (exact) mass is 545 g/mol. The van der Waals surface area contributed by atoms with Crippen LogP contribution in [-0.4, -0.2) is 52.7 Å². The van der Waals surface area contributed by atoms with Crippen LogP contribution in [0.5, 0.6) is 0 Å². The summed E-state index contributed by atoms with van der Waals surface area (Å²) in [7, 11) is 0. The number of hydrogen-bond acceptors (Lipinski definition) is 4. The molecule has 5 nitrogen and oxygen atoms in total. The number of rotatable bonds is 4. The molecule has 0 radical (unpaired) electrons. The number of benzene rings is 2. The fourth-order valence-corrected chi connectivity index (χ4v) is 4.70. The SMILES string of the molecule is CC(=O)N1CC=C(c2ccc(C3CC(C(O)(C(F)(F)F)C(F)(F)F)=NN3c3ccccc3Cl)cc2)CC1. The molecule has 4 rings (SSSR count). The smallest absolute Gasteiger partial charge is 0.369 e. The third-order valence-electron chi connectivity index (χ3n) is 6.57. The van der Waals surface area contributed by atoms with Crippen molar-refractivity contribution in [3.8, 4) is 0 Å². The molecule has 2 aliphatic rings. The highest BCUT2D eigenvalue weighted by atomic mass is 35.5. The second-order valence-electron chi connectivity index (χ2n) is 8.83. The Kier molecular flexibility index (Phi) is 7.06. The second kappa shape index (κ2) is 9.68. The van der Waals surface area contributed by atoms with Crippen LogP contribution in [0.2, 0.25) is 5.02 Å². The lowest BCUT2D eigenvalue weighted by Gasteiger charge is -2.32. The molecule has 2 heterocycles. The highest BCUT2D eigenvalue weighted by Gasteiger charge is 2.74. The quantitative estimate of drug-likeness (QED) is 0.470. The Labute approximate surface area is 213 Å². The minimum atomic E-state index is -6.05.